The van der Waals surface area contributed by atoms with Crippen LogP contribution < -0.4 is 10.6 Å². The molecular weight excluding hydrogens is 178 g/mol. The molecule has 8 heteroatoms. The Balaban J connectivity index is 3.09. The molecule has 0 bridgehead atoms. The third-order valence-corrected chi connectivity index (χ3v) is 1.58. The number of rotatable bonds is 1. The zero-order valence-electron chi connectivity index (χ0n) is 6.57. The van der Waals surface area contributed by atoms with Crippen LogP contribution in [0.1, 0.15) is 6.92 Å². The van der Waals surface area contributed by atoms with E-state index in [2.05, 4.69) is 10.0 Å². The van der Waals surface area contributed by atoms with Gasteiger partial charge in [0.05, 0.1) is 0 Å². The van der Waals surface area contributed by atoms with E-state index in [1.54, 1.807) is 0 Å². The standard InChI is InChI=1S/C5H5N5O3/c1-5(9-10-6)2(11)7-4(13)8-3(5)12/h1H3,(H2,7,8,11,12,13). The van der Waals surface area contributed by atoms with Crippen LogP contribution in [0.5, 0.6) is 0 Å². The van der Waals surface area contributed by atoms with Crippen LogP contribution in [0.15, 0.2) is 5.11 Å². The van der Waals surface area contributed by atoms with Gasteiger partial charge in [-0.25, -0.2) is 4.79 Å². The van der Waals surface area contributed by atoms with Gasteiger partial charge in [0.2, 0.25) is 17.4 Å². The number of amides is 4. The lowest BCUT2D eigenvalue weighted by molar-refractivity contribution is -0.136. The van der Waals surface area contributed by atoms with Crippen LogP contribution in [0.25, 0.3) is 10.4 Å². The number of hydrogen-bond donors (Lipinski definition) is 2. The molecule has 1 fully saturated rings. The van der Waals surface area contributed by atoms with Crippen molar-refractivity contribution in [3.63, 3.8) is 0 Å². The van der Waals surface area contributed by atoms with Gasteiger partial charge in [0.15, 0.2) is 0 Å². The lowest BCUT2D eigenvalue weighted by Crippen LogP contribution is -2.64. The van der Waals surface area contributed by atoms with Gasteiger partial charge in [-0.2, -0.15) is 0 Å². The minimum absolute atomic E-state index is 0.916. The zero-order chi connectivity index (χ0) is 10.1. The zero-order valence-corrected chi connectivity index (χ0v) is 6.57. The van der Waals surface area contributed by atoms with Crippen molar-refractivity contribution in [3.05, 3.63) is 10.4 Å². The number of carbonyl (C=O) groups excluding carboxylic acids is 3. The third kappa shape index (κ3) is 1.30. The Morgan fingerprint density at radius 3 is 2.15 bits per heavy atom. The minimum Gasteiger partial charge on any atom is -0.277 e. The lowest BCUT2D eigenvalue weighted by atomic mass is 10.0. The monoisotopic (exact) mass is 183 g/mol. The molecule has 0 aromatic heterocycles. The first kappa shape index (κ1) is 9.01. The molecule has 0 aromatic carbocycles. The van der Waals surface area contributed by atoms with Crippen molar-refractivity contribution < 1.29 is 14.4 Å². The number of carbonyl (C=O) groups is 3. The number of azide groups is 1. The molecule has 0 aromatic rings. The molecule has 1 aliphatic rings. The molecule has 2 N–H and O–H groups in total. The van der Waals surface area contributed by atoms with Crippen molar-refractivity contribution in [1.29, 1.82) is 0 Å². The number of imide groups is 2. The second kappa shape index (κ2) is 2.76. The van der Waals surface area contributed by atoms with E-state index in [4.69, 9.17) is 5.53 Å². The second-order valence-electron chi connectivity index (χ2n) is 2.50. The molecule has 68 valence electrons. The maximum atomic E-state index is 11.1. The maximum Gasteiger partial charge on any atom is 0.328 e. The van der Waals surface area contributed by atoms with E-state index in [-0.39, 0.29) is 0 Å². The topological polar surface area (TPSA) is 124 Å². The summed E-state index contributed by atoms with van der Waals surface area (Å²) in [6.45, 7) is 1.11. The first-order valence-electron chi connectivity index (χ1n) is 3.24. The largest absolute Gasteiger partial charge is 0.328 e. The Labute approximate surface area is 71.9 Å². The molecule has 4 amide bonds. The van der Waals surface area contributed by atoms with Gasteiger partial charge in [0.1, 0.15) is 0 Å². The van der Waals surface area contributed by atoms with Gasteiger partial charge in [0.25, 0.3) is 0 Å². The molecule has 0 aliphatic carbocycles. The predicted molar refractivity (Wildman–Crippen MR) is 39.2 cm³/mol. The normalized spacial score (nSPS) is 19.9. The average Bonchev–Trinajstić information content (AvgIpc) is 2.01. The SMILES string of the molecule is CC1(N=[N+]=[N-])C(=O)NC(=O)NC1=O. The second-order valence-corrected chi connectivity index (χ2v) is 2.50. The number of nitrogens with one attached hydrogen (secondary N) is 2. The number of nitrogens with zero attached hydrogens (tertiary/aromatic N) is 3. The van der Waals surface area contributed by atoms with E-state index in [1.807, 2.05) is 10.6 Å². The summed E-state index contributed by atoms with van der Waals surface area (Å²) in [6.07, 6.45) is 0. The van der Waals surface area contributed by atoms with E-state index in [0.29, 0.717) is 0 Å². The number of barbiturate groups is 1. The maximum absolute atomic E-state index is 11.1. The van der Waals surface area contributed by atoms with Gasteiger partial charge in [0, 0.05) is 4.91 Å². The summed E-state index contributed by atoms with van der Waals surface area (Å²) in [5.74, 6) is -1.86. The van der Waals surface area contributed by atoms with Crippen LogP contribution in [0.2, 0.25) is 0 Å². The predicted octanol–water partition coefficient (Wildman–Crippen LogP) is -0.579. The first-order valence-corrected chi connectivity index (χ1v) is 3.24. The fraction of sp³-hybridized carbons (Fsp3) is 0.400. The molecule has 1 saturated heterocycles. The van der Waals surface area contributed by atoms with Crippen molar-refractivity contribution >= 4 is 17.8 Å². The minimum atomic E-state index is -1.89. The Hall–Kier alpha value is -2.08. The summed E-state index contributed by atoms with van der Waals surface area (Å²) in [6, 6.07) is -0.916. The van der Waals surface area contributed by atoms with Crippen molar-refractivity contribution in [2.24, 2.45) is 5.11 Å². The smallest absolute Gasteiger partial charge is 0.277 e. The first-order chi connectivity index (χ1) is 6.00. The fourth-order valence-corrected chi connectivity index (χ4v) is 0.764. The van der Waals surface area contributed by atoms with Crippen LogP contribution in [-0.4, -0.2) is 23.4 Å². The van der Waals surface area contributed by atoms with Crippen molar-refractivity contribution in [2.75, 3.05) is 0 Å². The van der Waals surface area contributed by atoms with E-state index in [9.17, 15) is 14.4 Å². The molecule has 8 nitrogen and oxygen atoms in total. The van der Waals surface area contributed by atoms with Gasteiger partial charge in [-0.05, 0) is 12.5 Å². The van der Waals surface area contributed by atoms with Gasteiger partial charge < -0.3 is 0 Å². The summed E-state index contributed by atoms with van der Waals surface area (Å²) in [5.41, 5.74) is 6.21. The Morgan fingerprint density at radius 2 is 1.77 bits per heavy atom. The van der Waals surface area contributed by atoms with Crippen LogP contribution in [-0.2, 0) is 9.59 Å². The van der Waals surface area contributed by atoms with Gasteiger partial charge in [-0.3, -0.25) is 20.2 Å². The van der Waals surface area contributed by atoms with Gasteiger partial charge in [-0.15, -0.1) is 0 Å². The summed E-state index contributed by atoms with van der Waals surface area (Å²) >= 11 is 0. The van der Waals surface area contributed by atoms with Gasteiger partial charge in [-0.1, -0.05) is 5.11 Å². The van der Waals surface area contributed by atoms with Crippen LogP contribution in [0.3, 0.4) is 0 Å². The Bertz CT molecular complexity index is 322. The van der Waals surface area contributed by atoms with Crippen LogP contribution in [0, 0.1) is 0 Å². The molecule has 1 heterocycles. The van der Waals surface area contributed by atoms with E-state index >= 15 is 0 Å². The summed E-state index contributed by atoms with van der Waals surface area (Å²) < 4.78 is 0. The molecule has 0 radical (unpaired) electrons. The van der Waals surface area contributed by atoms with E-state index < -0.39 is 23.4 Å². The molecular formula is C5H5N5O3. The van der Waals surface area contributed by atoms with Crippen LogP contribution in [0.4, 0.5) is 4.79 Å². The number of hydrogen-bond acceptors (Lipinski definition) is 4. The van der Waals surface area contributed by atoms with Crippen molar-refractivity contribution in [3.8, 4) is 0 Å². The fourth-order valence-electron chi connectivity index (χ4n) is 0.764. The highest BCUT2D eigenvalue weighted by molar-refractivity contribution is 6.22. The highest BCUT2D eigenvalue weighted by Gasteiger charge is 2.45. The molecule has 0 spiro atoms. The molecule has 1 rings (SSSR count). The average molecular weight is 183 g/mol. The number of urea groups is 1. The Kier molecular flexibility index (Phi) is 1.91. The highest BCUT2D eigenvalue weighted by Crippen LogP contribution is 2.13. The molecule has 1 aliphatic heterocycles. The van der Waals surface area contributed by atoms with E-state index in [0.717, 1.165) is 6.92 Å². The van der Waals surface area contributed by atoms with Crippen molar-refractivity contribution in [1.82, 2.24) is 10.6 Å². The highest BCUT2D eigenvalue weighted by atomic mass is 16.2. The summed E-state index contributed by atoms with van der Waals surface area (Å²) in [7, 11) is 0. The molecule has 0 atom stereocenters. The quantitative estimate of drug-likeness (QED) is 0.244. The summed E-state index contributed by atoms with van der Waals surface area (Å²) in [4.78, 5) is 35.1. The molecule has 0 unspecified atom stereocenters. The third-order valence-electron chi connectivity index (χ3n) is 1.58. The van der Waals surface area contributed by atoms with E-state index in [1.165, 1.54) is 0 Å². The summed E-state index contributed by atoms with van der Waals surface area (Å²) in [5, 5.41) is 6.64. The van der Waals surface area contributed by atoms with Gasteiger partial charge >= 0.3 is 6.03 Å². The Morgan fingerprint density at radius 1 is 1.31 bits per heavy atom. The molecule has 0 saturated carbocycles. The molecule has 13 heavy (non-hydrogen) atoms. The van der Waals surface area contributed by atoms with Crippen LogP contribution >= 0.6 is 0 Å². The lowest BCUT2D eigenvalue weighted by Gasteiger charge is -2.25. The van der Waals surface area contributed by atoms with Crippen molar-refractivity contribution in [2.45, 2.75) is 12.5 Å².